The number of benzene rings is 1. The molecule has 0 amide bonds. The van der Waals surface area contributed by atoms with Gasteiger partial charge >= 0.3 is 5.63 Å². The summed E-state index contributed by atoms with van der Waals surface area (Å²) in [5.74, 6) is 0. The maximum absolute atomic E-state index is 12.0. The van der Waals surface area contributed by atoms with Gasteiger partial charge in [-0.3, -0.25) is 4.90 Å². The molecule has 0 radical (unpaired) electrons. The van der Waals surface area contributed by atoms with Crippen molar-refractivity contribution in [2.75, 3.05) is 32.8 Å². The Morgan fingerprint density at radius 2 is 2.04 bits per heavy atom. The van der Waals surface area contributed by atoms with Crippen LogP contribution in [0.25, 0.3) is 11.0 Å². The van der Waals surface area contributed by atoms with E-state index in [1.54, 1.807) is 6.07 Å². The van der Waals surface area contributed by atoms with Crippen molar-refractivity contribution in [2.24, 2.45) is 0 Å². The highest BCUT2D eigenvalue weighted by Crippen LogP contribution is 2.28. The zero-order chi connectivity index (χ0) is 16.7. The lowest BCUT2D eigenvalue weighted by Crippen LogP contribution is -2.52. The number of ether oxygens (including phenoxy) is 1. The van der Waals surface area contributed by atoms with Crippen molar-refractivity contribution >= 4 is 35.8 Å². The number of nitrogens with one attached hydrogen (secondary N) is 1. The number of rotatable bonds is 2. The predicted molar refractivity (Wildman–Crippen MR) is 108 cm³/mol. The van der Waals surface area contributed by atoms with Crippen LogP contribution >= 0.6 is 24.8 Å². The normalized spacial score (nSPS) is 23.0. The molecule has 0 saturated carbocycles. The van der Waals surface area contributed by atoms with Crippen molar-refractivity contribution in [2.45, 2.75) is 32.4 Å². The fraction of sp³-hybridized carbons (Fsp3) is 0.526. The van der Waals surface area contributed by atoms with Gasteiger partial charge in [-0.25, -0.2) is 4.79 Å². The zero-order valence-electron chi connectivity index (χ0n) is 15.2. The average Bonchev–Trinajstić information content (AvgIpc) is 2.96. The van der Waals surface area contributed by atoms with Gasteiger partial charge in [0.2, 0.25) is 0 Å². The summed E-state index contributed by atoms with van der Waals surface area (Å²) >= 11 is 0. The number of hydrogen-bond donors (Lipinski definition) is 1. The highest BCUT2D eigenvalue weighted by atomic mass is 35.5. The molecule has 5 nitrogen and oxygen atoms in total. The molecule has 2 aliphatic heterocycles. The summed E-state index contributed by atoms with van der Waals surface area (Å²) in [5, 5.41) is 4.46. The summed E-state index contributed by atoms with van der Waals surface area (Å²) in [6.45, 7) is 9.32. The molecular formula is C19H26Cl2N2O3. The monoisotopic (exact) mass is 400 g/mol. The third-order valence-electron chi connectivity index (χ3n) is 5.19. The fourth-order valence-electron chi connectivity index (χ4n) is 4.09. The van der Waals surface area contributed by atoms with E-state index in [0.717, 1.165) is 62.3 Å². The van der Waals surface area contributed by atoms with Gasteiger partial charge in [-0.05, 0) is 49.6 Å². The number of aryl methyl sites for hydroxylation is 2. The molecule has 1 aromatic heterocycles. The first-order valence-electron chi connectivity index (χ1n) is 8.66. The van der Waals surface area contributed by atoms with Crippen LogP contribution < -0.4 is 10.9 Å². The first kappa shape index (κ1) is 21.2. The van der Waals surface area contributed by atoms with Crippen LogP contribution in [0.2, 0.25) is 0 Å². The van der Waals surface area contributed by atoms with E-state index >= 15 is 0 Å². The molecule has 0 aliphatic carbocycles. The van der Waals surface area contributed by atoms with Crippen molar-refractivity contribution in [3.05, 3.63) is 45.3 Å². The fourth-order valence-corrected chi connectivity index (χ4v) is 4.09. The number of nitrogens with zero attached hydrogens (tertiary/aromatic N) is 1. The van der Waals surface area contributed by atoms with E-state index < -0.39 is 0 Å². The van der Waals surface area contributed by atoms with Crippen LogP contribution in [0, 0.1) is 13.8 Å². The highest BCUT2D eigenvalue weighted by molar-refractivity contribution is 5.85. The Hall–Kier alpha value is -1.11. The molecule has 1 atom stereocenters. The molecular weight excluding hydrogens is 375 g/mol. The van der Waals surface area contributed by atoms with Gasteiger partial charge in [0, 0.05) is 37.6 Å². The lowest BCUT2D eigenvalue weighted by molar-refractivity contribution is -0.0983. The first-order chi connectivity index (χ1) is 11.5. The maximum Gasteiger partial charge on any atom is 0.336 e. The molecule has 26 heavy (non-hydrogen) atoms. The van der Waals surface area contributed by atoms with Gasteiger partial charge in [-0.15, -0.1) is 24.8 Å². The van der Waals surface area contributed by atoms with Gasteiger partial charge in [0.25, 0.3) is 0 Å². The van der Waals surface area contributed by atoms with Gasteiger partial charge in [-0.1, -0.05) is 6.07 Å². The van der Waals surface area contributed by atoms with Crippen molar-refractivity contribution in [1.29, 1.82) is 0 Å². The quantitative estimate of drug-likeness (QED) is 0.785. The third kappa shape index (κ3) is 4.07. The smallest absolute Gasteiger partial charge is 0.336 e. The largest absolute Gasteiger partial charge is 0.422 e. The molecule has 2 saturated heterocycles. The Morgan fingerprint density at radius 3 is 2.77 bits per heavy atom. The summed E-state index contributed by atoms with van der Waals surface area (Å²) in [7, 11) is 0. The molecule has 1 spiro atoms. The van der Waals surface area contributed by atoms with Crippen LogP contribution in [0.4, 0.5) is 0 Å². The third-order valence-corrected chi connectivity index (χ3v) is 5.19. The molecule has 4 rings (SSSR count). The molecule has 0 bridgehead atoms. The zero-order valence-corrected chi connectivity index (χ0v) is 16.8. The molecule has 1 aromatic carbocycles. The summed E-state index contributed by atoms with van der Waals surface area (Å²) in [5.41, 5.74) is 3.65. The maximum atomic E-state index is 12.0. The van der Waals surface area contributed by atoms with Crippen molar-refractivity contribution in [3.8, 4) is 0 Å². The Balaban J connectivity index is 0.00000121. The van der Waals surface area contributed by atoms with Crippen molar-refractivity contribution in [3.63, 3.8) is 0 Å². The Kier molecular flexibility index (Phi) is 6.75. The summed E-state index contributed by atoms with van der Waals surface area (Å²) in [6, 6.07) is 5.83. The minimum atomic E-state index is -0.269. The van der Waals surface area contributed by atoms with Crippen LogP contribution in [0.3, 0.4) is 0 Å². The van der Waals surface area contributed by atoms with E-state index in [1.165, 1.54) is 5.56 Å². The van der Waals surface area contributed by atoms with Crippen molar-refractivity contribution < 1.29 is 9.15 Å². The highest BCUT2D eigenvalue weighted by Gasteiger charge is 2.39. The lowest BCUT2D eigenvalue weighted by atomic mass is 9.99. The molecule has 2 fully saturated rings. The lowest BCUT2D eigenvalue weighted by Gasteiger charge is -2.40. The van der Waals surface area contributed by atoms with Gasteiger partial charge < -0.3 is 14.5 Å². The summed E-state index contributed by atoms with van der Waals surface area (Å²) in [4.78, 5) is 14.4. The van der Waals surface area contributed by atoms with E-state index in [2.05, 4.69) is 29.3 Å². The molecule has 2 aliphatic rings. The number of fused-ring (bicyclic) bond motifs is 1. The SMILES string of the molecule is Cc1cc(C)c2oc(=O)cc(CN3CCOC4(CCNC4)C3)c2c1.Cl.Cl. The van der Waals surface area contributed by atoms with Crippen LogP contribution in [0.1, 0.15) is 23.1 Å². The van der Waals surface area contributed by atoms with Gasteiger partial charge in [0.05, 0.1) is 12.2 Å². The molecule has 2 aromatic rings. The van der Waals surface area contributed by atoms with Crippen molar-refractivity contribution in [1.82, 2.24) is 10.2 Å². The molecule has 3 heterocycles. The predicted octanol–water partition coefficient (Wildman–Crippen LogP) is 2.82. The standard InChI is InChI=1S/C19H24N2O3.2ClH/c1-13-7-14(2)18-16(8-13)15(9-17(22)24-18)10-21-5-6-23-19(12-21)3-4-20-11-19;;/h7-9,20H,3-6,10-12H2,1-2H3;2*1H. The second kappa shape index (κ2) is 8.28. The van der Waals surface area contributed by atoms with E-state index in [1.807, 2.05) is 6.92 Å². The number of hydrogen-bond acceptors (Lipinski definition) is 5. The molecule has 1 N–H and O–H groups in total. The molecule has 144 valence electrons. The van der Waals surface area contributed by atoms with E-state index in [-0.39, 0.29) is 36.0 Å². The van der Waals surface area contributed by atoms with Gasteiger partial charge in [0.15, 0.2) is 0 Å². The van der Waals surface area contributed by atoms with Gasteiger partial charge in [0.1, 0.15) is 5.58 Å². The summed E-state index contributed by atoms with van der Waals surface area (Å²) in [6.07, 6.45) is 1.05. The first-order valence-corrected chi connectivity index (χ1v) is 8.66. The Labute approximate surface area is 165 Å². The average molecular weight is 401 g/mol. The second-order valence-corrected chi connectivity index (χ2v) is 7.22. The van der Waals surface area contributed by atoms with Crippen LogP contribution in [0.15, 0.2) is 27.4 Å². The van der Waals surface area contributed by atoms with Crippen LogP contribution in [-0.2, 0) is 11.3 Å². The Bertz CT molecular complexity index is 831. The van der Waals surface area contributed by atoms with E-state index in [0.29, 0.717) is 5.58 Å². The minimum absolute atomic E-state index is 0. The second-order valence-electron chi connectivity index (χ2n) is 7.22. The minimum Gasteiger partial charge on any atom is -0.422 e. The number of morpholine rings is 1. The topological polar surface area (TPSA) is 54.7 Å². The summed E-state index contributed by atoms with van der Waals surface area (Å²) < 4.78 is 11.5. The van der Waals surface area contributed by atoms with Gasteiger partial charge in [-0.2, -0.15) is 0 Å². The van der Waals surface area contributed by atoms with Crippen LogP contribution in [0.5, 0.6) is 0 Å². The van der Waals surface area contributed by atoms with E-state index in [4.69, 9.17) is 9.15 Å². The molecule has 7 heteroatoms. The number of halogens is 2. The van der Waals surface area contributed by atoms with Crippen LogP contribution in [-0.4, -0.2) is 43.3 Å². The van der Waals surface area contributed by atoms with E-state index in [9.17, 15) is 4.79 Å². The molecule has 1 unspecified atom stereocenters. The Morgan fingerprint density at radius 1 is 1.23 bits per heavy atom.